The van der Waals surface area contributed by atoms with E-state index in [1.165, 1.54) is 16.6 Å². The highest BCUT2D eigenvalue weighted by Gasteiger charge is 2.50. The molecule has 2 aliphatic rings. The van der Waals surface area contributed by atoms with Crippen LogP contribution in [0.5, 0.6) is 0 Å². The first-order chi connectivity index (χ1) is 33.5. The molecule has 0 radical (unpaired) electrons. The van der Waals surface area contributed by atoms with E-state index in [-0.39, 0.29) is 17.5 Å². The molecule has 0 spiro atoms. The maximum atomic E-state index is 7.35. The first kappa shape index (κ1) is 42.5. The molecule has 6 heterocycles. The second-order valence-corrected chi connectivity index (χ2v) is 22.1. The smallest absolute Gasteiger partial charge is 0.262 e. The van der Waals surface area contributed by atoms with Gasteiger partial charge in [-0.3, -0.25) is 9.80 Å². The molecular weight excluding hydrogens is 860 g/mol. The van der Waals surface area contributed by atoms with Crippen molar-refractivity contribution in [3.8, 4) is 22.6 Å². The van der Waals surface area contributed by atoms with Crippen molar-refractivity contribution in [1.82, 2.24) is 0 Å². The number of hydrogen-bond donors (Lipinski definition) is 0. The fourth-order valence-electron chi connectivity index (χ4n) is 11.7. The molecule has 4 aromatic heterocycles. The van der Waals surface area contributed by atoms with Gasteiger partial charge in [-0.05, 0) is 175 Å². The molecule has 13 rings (SSSR count). The molecule has 7 aromatic carbocycles. The Kier molecular flexibility index (Phi) is 8.91. The Labute approximate surface area is 409 Å². The normalized spacial score (nSPS) is 13.6. The van der Waals surface area contributed by atoms with Gasteiger partial charge in [0.2, 0.25) is 11.8 Å². The first-order valence-corrected chi connectivity index (χ1v) is 24.6. The summed E-state index contributed by atoms with van der Waals surface area (Å²) in [5.74, 6) is 3.38. The van der Waals surface area contributed by atoms with Gasteiger partial charge in [-0.15, -0.1) is 0 Å². The average molecular weight is 915 g/mol. The molecule has 2 aliphatic heterocycles. The minimum atomic E-state index is -0.220. The molecular formula is C63H55BN2O4. The van der Waals surface area contributed by atoms with E-state index in [0.717, 1.165) is 140 Å². The third-order valence-electron chi connectivity index (χ3n) is 15.0. The Balaban J connectivity index is 1.12. The number of hydrogen-bond acceptors (Lipinski definition) is 6. The Morgan fingerprint density at radius 3 is 1.19 bits per heavy atom. The van der Waals surface area contributed by atoms with Gasteiger partial charge in [-0.2, -0.15) is 0 Å². The first-order valence-electron chi connectivity index (χ1n) is 24.6. The SMILES string of the molecule is Cc1cc2c3c(c1)N(c1c(C)cc(-c4cc5ccccc5o4)cc1C)c1oc4ccc(C(C)(C)C)cc4c1B3c1c(oc3ccc(C(C)(C)C)cc13)N2c1c(C)cc(-c2cc3ccccc3o2)cc1C. The van der Waals surface area contributed by atoms with Crippen molar-refractivity contribution in [3.63, 3.8) is 0 Å². The fraction of sp³-hybridized carbons (Fsp3) is 0.206. The van der Waals surface area contributed by atoms with Gasteiger partial charge in [0.05, 0.1) is 11.4 Å². The number of fused-ring (bicyclic) bond motifs is 10. The van der Waals surface area contributed by atoms with Crippen LogP contribution in [0.1, 0.15) is 80.5 Å². The van der Waals surface area contributed by atoms with Gasteiger partial charge in [0.25, 0.3) is 6.71 Å². The quantitative estimate of drug-likeness (QED) is 0.164. The third-order valence-corrected chi connectivity index (χ3v) is 15.0. The second kappa shape index (κ2) is 14.7. The number of nitrogens with zero attached hydrogens (tertiary/aromatic N) is 2. The highest BCUT2D eigenvalue weighted by molar-refractivity contribution is 7.02. The van der Waals surface area contributed by atoms with Crippen LogP contribution in [0.2, 0.25) is 0 Å². The lowest BCUT2D eigenvalue weighted by molar-refractivity contribution is 0.589. The van der Waals surface area contributed by atoms with Crippen LogP contribution < -0.4 is 26.2 Å². The Morgan fingerprint density at radius 1 is 0.400 bits per heavy atom. The zero-order chi connectivity index (χ0) is 48.3. The van der Waals surface area contributed by atoms with Crippen molar-refractivity contribution in [3.05, 3.63) is 172 Å². The molecule has 0 amide bonds. The summed E-state index contributed by atoms with van der Waals surface area (Å²) in [5, 5.41) is 4.41. The molecule has 0 saturated heterocycles. The topological polar surface area (TPSA) is 59.0 Å². The molecule has 0 N–H and O–H groups in total. The molecule has 7 heteroatoms. The van der Waals surface area contributed by atoms with Crippen molar-refractivity contribution in [2.75, 3.05) is 9.80 Å². The Morgan fingerprint density at radius 2 is 0.800 bits per heavy atom. The zero-order valence-corrected chi connectivity index (χ0v) is 41.8. The van der Waals surface area contributed by atoms with Crippen LogP contribution in [0.25, 0.3) is 66.5 Å². The zero-order valence-electron chi connectivity index (χ0n) is 41.8. The van der Waals surface area contributed by atoms with Crippen LogP contribution in [-0.4, -0.2) is 6.71 Å². The van der Waals surface area contributed by atoms with Crippen molar-refractivity contribution in [2.45, 2.75) is 87.0 Å². The van der Waals surface area contributed by atoms with Crippen molar-refractivity contribution < 1.29 is 17.7 Å². The van der Waals surface area contributed by atoms with Crippen LogP contribution in [0.4, 0.5) is 34.5 Å². The molecule has 6 nitrogen and oxygen atoms in total. The standard InChI is InChI=1S/C63H55BN2O4/c1-34-24-47-57-48(25-34)66(59-37(4)28-42(29-38(59)5)54-31-40-17-13-15-19-50(40)68-54)61-56(46-33-44(63(9,10)11)21-23-52(46)70-61)64(57)55-45-32-43(62(6,7)8)20-22-51(45)69-60(55)65(47)58-35(2)26-41(27-36(58)3)53-30-39-16-12-14-18-49(39)67-53/h12-33H,1-11H3. The molecule has 0 unspecified atom stereocenters. The van der Waals surface area contributed by atoms with E-state index in [1.807, 2.05) is 24.3 Å². The lowest BCUT2D eigenvalue weighted by Gasteiger charge is -2.42. The fourth-order valence-corrected chi connectivity index (χ4v) is 11.7. The van der Waals surface area contributed by atoms with Crippen LogP contribution >= 0.6 is 0 Å². The molecule has 0 bridgehead atoms. The number of benzene rings is 7. The monoisotopic (exact) mass is 914 g/mol. The molecule has 0 saturated carbocycles. The number of furan rings is 4. The van der Waals surface area contributed by atoms with E-state index in [0.29, 0.717) is 0 Å². The van der Waals surface area contributed by atoms with Gasteiger partial charge < -0.3 is 17.7 Å². The van der Waals surface area contributed by atoms with E-state index < -0.39 is 0 Å². The van der Waals surface area contributed by atoms with Gasteiger partial charge in [0.1, 0.15) is 33.9 Å². The van der Waals surface area contributed by atoms with E-state index in [4.69, 9.17) is 17.7 Å². The van der Waals surface area contributed by atoms with Crippen LogP contribution in [0, 0.1) is 34.6 Å². The largest absolute Gasteiger partial charge is 0.456 e. The molecule has 0 atom stereocenters. The number of anilines is 6. The summed E-state index contributed by atoms with van der Waals surface area (Å²) in [5.41, 5.74) is 21.4. The summed E-state index contributed by atoms with van der Waals surface area (Å²) in [6.07, 6.45) is 0. The number of para-hydroxylation sites is 2. The van der Waals surface area contributed by atoms with Crippen LogP contribution in [-0.2, 0) is 10.8 Å². The summed E-state index contributed by atoms with van der Waals surface area (Å²) < 4.78 is 27.6. The molecule has 0 fully saturated rings. The lowest BCUT2D eigenvalue weighted by atomic mass is 9.33. The summed E-state index contributed by atoms with van der Waals surface area (Å²) in [7, 11) is 0. The maximum Gasteiger partial charge on any atom is 0.262 e. The Hall–Kier alpha value is -7.64. The minimum Gasteiger partial charge on any atom is -0.456 e. The predicted octanol–water partition coefficient (Wildman–Crippen LogP) is 16.2. The van der Waals surface area contributed by atoms with Gasteiger partial charge >= 0.3 is 0 Å². The summed E-state index contributed by atoms with van der Waals surface area (Å²) in [6.45, 7) is 24.6. The third kappa shape index (κ3) is 6.26. The minimum absolute atomic E-state index is 0.0887. The highest BCUT2D eigenvalue weighted by Crippen LogP contribution is 2.51. The Bertz CT molecular complexity index is 3640. The predicted molar refractivity (Wildman–Crippen MR) is 292 cm³/mol. The summed E-state index contributed by atoms with van der Waals surface area (Å²) in [6, 6.07) is 48.2. The van der Waals surface area contributed by atoms with Crippen molar-refractivity contribution >= 4 is 101 Å². The molecule has 344 valence electrons. The maximum absolute atomic E-state index is 7.35. The van der Waals surface area contributed by atoms with Gasteiger partial charge in [0.15, 0.2) is 0 Å². The van der Waals surface area contributed by atoms with Gasteiger partial charge in [-0.1, -0.05) is 90.1 Å². The van der Waals surface area contributed by atoms with Gasteiger partial charge in [-0.25, -0.2) is 0 Å². The number of rotatable bonds is 4. The average Bonchev–Trinajstić information content (AvgIpc) is 4.11. The van der Waals surface area contributed by atoms with E-state index in [2.05, 4.69) is 195 Å². The second-order valence-electron chi connectivity index (χ2n) is 22.1. The van der Waals surface area contributed by atoms with Crippen LogP contribution in [0.15, 0.2) is 151 Å². The van der Waals surface area contributed by atoms with Crippen molar-refractivity contribution in [2.24, 2.45) is 0 Å². The molecule has 11 aromatic rings. The summed E-state index contributed by atoms with van der Waals surface area (Å²) in [4.78, 5) is 4.86. The highest BCUT2D eigenvalue weighted by atomic mass is 16.4. The number of aryl methyl sites for hydroxylation is 5. The summed E-state index contributed by atoms with van der Waals surface area (Å²) >= 11 is 0. The van der Waals surface area contributed by atoms with Gasteiger partial charge in [0, 0.05) is 55.0 Å². The van der Waals surface area contributed by atoms with Crippen LogP contribution in [0.3, 0.4) is 0 Å². The van der Waals surface area contributed by atoms with Crippen molar-refractivity contribution in [1.29, 1.82) is 0 Å². The molecule has 0 aliphatic carbocycles. The lowest BCUT2D eigenvalue weighted by Crippen LogP contribution is -2.61. The molecule has 70 heavy (non-hydrogen) atoms. The van der Waals surface area contributed by atoms with E-state index in [1.54, 1.807) is 0 Å². The van der Waals surface area contributed by atoms with E-state index >= 15 is 0 Å². The van der Waals surface area contributed by atoms with E-state index in [9.17, 15) is 0 Å².